The highest BCUT2D eigenvalue weighted by Crippen LogP contribution is 2.38. The second-order valence-electron chi connectivity index (χ2n) is 3.45. The quantitative estimate of drug-likeness (QED) is 0.486. The zero-order valence-corrected chi connectivity index (χ0v) is 9.28. The molecule has 0 aliphatic carbocycles. The van der Waals surface area contributed by atoms with Crippen LogP contribution in [-0.4, -0.2) is 9.97 Å². The second kappa shape index (κ2) is 2.59. The van der Waals surface area contributed by atoms with Crippen molar-refractivity contribution in [2.45, 2.75) is 0 Å². The Morgan fingerprint density at radius 1 is 1.00 bits per heavy atom. The van der Waals surface area contributed by atoms with E-state index in [4.69, 9.17) is 0 Å². The van der Waals surface area contributed by atoms with Crippen molar-refractivity contribution < 1.29 is 0 Å². The van der Waals surface area contributed by atoms with Crippen LogP contribution in [0.15, 0.2) is 29.2 Å². The third-order valence-corrected chi connectivity index (χ3v) is 4.58. The summed E-state index contributed by atoms with van der Waals surface area (Å²) in [4.78, 5) is 7.64. The zero-order valence-electron chi connectivity index (χ0n) is 7.65. The first-order valence-electron chi connectivity index (χ1n) is 4.64. The van der Waals surface area contributed by atoms with Gasteiger partial charge < -0.3 is 4.98 Å². The van der Waals surface area contributed by atoms with Crippen LogP contribution in [0, 0.1) is 0 Å². The van der Waals surface area contributed by atoms with E-state index in [1.807, 2.05) is 0 Å². The summed E-state index contributed by atoms with van der Waals surface area (Å²) in [6, 6.07) is 4.35. The highest BCUT2D eigenvalue weighted by molar-refractivity contribution is 7.21. The highest BCUT2D eigenvalue weighted by Gasteiger charge is 2.11. The Morgan fingerprint density at radius 2 is 1.80 bits per heavy atom. The lowest BCUT2D eigenvalue weighted by molar-refractivity contribution is 1.35. The van der Waals surface area contributed by atoms with Gasteiger partial charge in [-0.2, -0.15) is 0 Å². The number of thiophene rings is 2. The molecule has 3 heterocycles. The van der Waals surface area contributed by atoms with Gasteiger partial charge in [0.1, 0.15) is 0 Å². The summed E-state index contributed by atoms with van der Waals surface area (Å²) in [6.45, 7) is 0. The molecule has 0 bridgehead atoms. The predicted octanol–water partition coefficient (Wildman–Crippen LogP) is 3.99. The van der Waals surface area contributed by atoms with Crippen molar-refractivity contribution in [1.29, 1.82) is 0 Å². The summed E-state index contributed by atoms with van der Waals surface area (Å²) in [6.07, 6.45) is 1.78. The second-order valence-corrected chi connectivity index (χ2v) is 5.29. The molecule has 0 aliphatic rings. The zero-order chi connectivity index (χ0) is 9.83. The van der Waals surface area contributed by atoms with Crippen LogP contribution >= 0.6 is 22.7 Å². The van der Waals surface area contributed by atoms with Crippen molar-refractivity contribution in [3.05, 3.63) is 29.2 Å². The summed E-state index contributed by atoms with van der Waals surface area (Å²) >= 11 is 3.57. The number of hydrogen-bond acceptors (Lipinski definition) is 3. The molecule has 4 heteroatoms. The van der Waals surface area contributed by atoms with E-state index >= 15 is 0 Å². The first-order chi connectivity index (χ1) is 7.45. The number of aromatic amines is 1. The smallest absolute Gasteiger partial charge is 0.0984 e. The lowest BCUT2D eigenvalue weighted by Gasteiger charge is -1.95. The van der Waals surface area contributed by atoms with E-state index in [-0.39, 0.29) is 0 Å². The summed E-state index contributed by atoms with van der Waals surface area (Å²) in [5, 5.41) is 6.89. The monoisotopic (exact) mass is 230 g/mol. The molecule has 3 aromatic heterocycles. The van der Waals surface area contributed by atoms with Crippen molar-refractivity contribution in [2.24, 2.45) is 0 Å². The lowest BCUT2D eigenvalue weighted by Crippen LogP contribution is -1.72. The van der Waals surface area contributed by atoms with E-state index in [2.05, 4.69) is 32.9 Å². The molecular formula is C11H6N2S2. The standard InChI is InChI=1S/C11H6N2S2/c1-3-14-10-6(1)8-9(13-5-12-8)11-7(10)2-4-15-11/h1-5H,(H,12,13). The van der Waals surface area contributed by atoms with Crippen LogP contribution in [0.3, 0.4) is 0 Å². The molecule has 1 aromatic carbocycles. The van der Waals surface area contributed by atoms with E-state index in [9.17, 15) is 0 Å². The average molecular weight is 230 g/mol. The number of aromatic nitrogens is 2. The Labute approximate surface area is 93.2 Å². The van der Waals surface area contributed by atoms with Gasteiger partial charge in [-0.25, -0.2) is 4.98 Å². The molecule has 0 atom stereocenters. The number of imidazole rings is 1. The third kappa shape index (κ3) is 0.861. The highest BCUT2D eigenvalue weighted by atomic mass is 32.1. The molecule has 4 rings (SSSR count). The van der Waals surface area contributed by atoms with Gasteiger partial charge in [-0.1, -0.05) is 0 Å². The molecular weight excluding hydrogens is 224 g/mol. The molecule has 0 saturated carbocycles. The number of nitrogens with zero attached hydrogens (tertiary/aromatic N) is 1. The molecule has 0 fully saturated rings. The number of hydrogen-bond donors (Lipinski definition) is 1. The van der Waals surface area contributed by atoms with Crippen molar-refractivity contribution in [3.8, 4) is 0 Å². The number of rotatable bonds is 0. The molecule has 1 N–H and O–H groups in total. The van der Waals surface area contributed by atoms with Crippen LogP contribution in [-0.2, 0) is 0 Å². The van der Waals surface area contributed by atoms with Gasteiger partial charge in [0.2, 0.25) is 0 Å². The largest absolute Gasteiger partial charge is 0.343 e. The number of H-pyrrole nitrogens is 1. The van der Waals surface area contributed by atoms with Crippen LogP contribution in [0.4, 0.5) is 0 Å². The molecule has 72 valence electrons. The van der Waals surface area contributed by atoms with Gasteiger partial charge in [0.05, 0.1) is 22.1 Å². The van der Waals surface area contributed by atoms with Gasteiger partial charge in [-0.15, -0.1) is 22.7 Å². The van der Waals surface area contributed by atoms with Crippen molar-refractivity contribution in [3.63, 3.8) is 0 Å². The molecule has 4 aromatic rings. The maximum atomic E-state index is 4.41. The van der Waals surface area contributed by atoms with Crippen LogP contribution in [0.5, 0.6) is 0 Å². The molecule has 0 spiro atoms. The normalized spacial score (nSPS) is 12.0. The molecule has 0 saturated heterocycles. The summed E-state index contributed by atoms with van der Waals surface area (Å²) in [5.41, 5.74) is 2.27. The fourth-order valence-corrected chi connectivity index (χ4v) is 3.96. The van der Waals surface area contributed by atoms with E-state index in [0.29, 0.717) is 0 Å². The van der Waals surface area contributed by atoms with Gasteiger partial charge >= 0.3 is 0 Å². The van der Waals surface area contributed by atoms with Gasteiger partial charge in [0.15, 0.2) is 0 Å². The third-order valence-electron chi connectivity index (χ3n) is 2.70. The Hall–Kier alpha value is -1.39. The van der Waals surface area contributed by atoms with Crippen molar-refractivity contribution in [2.75, 3.05) is 0 Å². The Morgan fingerprint density at radius 3 is 2.73 bits per heavy atom. The Kier molecular flexibility index (Phi) is 1.36. The van der Waals surface area contributed by atoms with E-state index in [0.717, 1.165) is 5.52 Å². The summed E-state index contributed by atoms with van der Waals surface area (Å²) in [5.74, 6) is 0. The number of benzene rings is 1. The van der Waals surface area contributed by atoms with Crippen LogP contribution < -0.4 is 0 Å². The van der Waals surface area contributed by atoms with Crippen LogP contribution in [0.2, 0.25) is 0 Å². The van der Waals surface area contributed by atoms with Crippen molar-refractivity contribution in [1.82, 2.24) is 9.97 Å². The minimum atomic E-state index is 1.10. The fraction of sp³-hybridized carbons (Fsp3) is 0. The Bertz CT molecular complexity index is 581. The first kappa shape index (κ1) is 7.84. The molecule has 15 heavy (non-hydrogen) atoms. The lowest BCUT2D eigenvalue weighted by atomic mass is 10.2. The van der Waals surface area contributed by atoms with E-state index in [1.54, 1.807) is 29.0 Å². The van der Waals surface area contributed by atoms with Crippen LogP contribution in [0.25, 0.3) is 31.2 Å². The Balaban J connectivity index is 2.56. The van der Waals surface area contributed by atoms with Gasteiger partial charge in [0.25, 0.3) is 0 Å². The minimum Gasteiger partial charge on any atom is -0.343 e. The maximum absolute atomic E-state index is 4.41. The van der Waals surface area contributed by atoms with Gasteiger partial charge in [-0.05, 0) is 22.9 Å². The van der Waals surface area contributed by atoms with E-state index in [1.165, 1.54) is 25.7 Å². The minimum absolute atomic E-state index is 1.10. The molecule has 0 radical (unpaired) electrons. The number of nitrogens with one attached hydrogen (secondary N) is 1. The van der Waals surface area contributed by atoms with Crippen LogP contribution in [0.1, 0.15) is 0 Å². The summed E-state index contributed by atoms with van der Waals surface area (Å²) in [7, 11) is 0. The summed E-state index contributed by atoms with van der Waals surface area (Å²) < 4.78 is 2.67. The topological polar surface area (TPSA) is 28.7 Å². The molecule has 0 amide bonds. The fourth-order valence-electron chi connectivity index (χ4n) is 2.06. The molecule has 0 aliphatic heterocycles. The maximum Gasteiger partial charge on any atom is 0.0984 e. The average Bonchev–Trinajstić information content (AvgIpc) is 2.97. The molecule has 2 nitrogen and oxygen atoms in total. The molecule has 0 unspecified atom stereocenters. The van der Waals surface area contributed by atoms with Gasteiger partial charge in [-0.3, -0.25) is 0 Å². The first-order valence-corrected chi connectivity index (χ1v) is 6.40. The SMILES string of the molecule is c1nc2c3ccsc3c3ccsc3c2[nH]1. The number of fused-ring (bicyclic) bond motifs is 6. The van der Waals surface area contributed by atoms with E-state index < -0.39 is 0 Å². The predicted molar refractivity (Wildman–Crippen MR) is 66.9 cm³/mol. The van der Waals surface area contributed by atoms with Crippen molar-refractivity contribution >= 4 is 53.9 Å². The van der Waals surface area contributed by atoms with Gasteiger partial charge in [0, 0.05) is 15.5 Å².